The highest BCUT2D eigenvalue weighted by atomic mass is 32.2. The molecule has 0 bridgehead atoms. The zero-order chi connectivity index (χ0) is 17.7. The fourth-order valence-electron chi connectivity index (χ4n) is 2.11. The number of carbonyl (C=O) groups is 1. The predicted octanol–water partition coefficient (Wildman–Crippen LogP) is 2.55. The minimum atomic E-state index is -3.61. The van der Waals surface area contributed by atoms with Gasteiger partial charge in [-0.2, -0.15) is 4.31 Å². The predicted molar refractivity (Wildman–Crippen MR) is 91.2 cm³/mol. The Hall–Kier alpha value is -2.12. The largest absolute Gasteiger partial charge is 0.455 e. The van der Waals surface area contributed by atoms with Crippen molar-refractivity contribution in [1.82, 2.24) is 9.62 Å². The molecule has 2 aromatic rings. The van der Waals surface area contributed by atoms with Crippen molar-refractivity contribution < 1.29 is 17.6 Å². The van der Waals surface area contributed by atoms with Crippen LogP contribution < -0.4 is 5.32 Å². The van der Waals surface area contributed by atoms with Gasteiger partial charge in [0.25, 0.3) is 5.91 Å². The summed E-state index contributed by atoms with van der Waals surface area (Å²) in [6.45, 7) is 4.47. The molecule has 1 aromatic carbocycles. The molecule has 0 aliphatic heterocycles. The van der Waals surface area contributed by atoms with Crippen LogP contribution in [-0.4, -0.2) is 32.2 Å². The summed E-state index contributed by atoms with van der Waals surface area (Å²) in [4.78, 5) is 12.0. The average Bonchev–Trinajstić information content (AvgIpc) is 3.01. The second kappa shape index (κ2) is 7.63. The lowest BCUT2D eigenvalue weighted by atomic mass is 10.2. The van der Waals surface area contributed by atoms with Gasteiger partial charge in [0.1, 0.15) is 5.76 Å². The molecule has 1 amide bonds. The van der Waals surface area contributed by atoms with Crippen LogP contribution in [0.25, 0.3) is 0 Å². The van der Waals surface area contributed by atoms with Gasteiger partial charge < -0.3 is 9.73 Å². The maximum absolute atomic E-state index is 12.5. The highest BCUT2D eigenvalue weighted by molar-refractivity contribution is 7.89. The molecule has 7 heteroatoms. The van der Waals surface area contributed by atoms with Crippen LogP contribution in [0.4, 0.5) is 0 Å². The van der Waals surface area contributed by atoms with Crippen LogP contribution in [0.1, 0.15) is 35.2 Å². The van der Waals surface area contributed by atoms with E-state index in [1.807, 2.05) is 13.8 Å². The Morgan fingerprint density at radius 1 is 1.17 bits per heavy atom. The van der Waals surface area contributed by atoms with Gasteiger partial charge in [0.2, 0.25) is 10.0 Å². The number of carbonyl (C=O) groups excluding carboxylic acids is 1. The first-order chi connectivity index (χ1) is 11.3. The van der Waals surface area contributed by atoms with Crippen LogP contribution in [0, 0.1) is 6.92 Å². The van der Waals surface area contributed by atoms with Crippen LogP contribution in [-0.2, 0) is 16.6 Å². The second-order valence-corrected chi connectivity index (χ2v) is 7.64. The molecule has 0 fully saturated rings. The van der Waals surface area contributed by atoms with E-state index < -0.39 is 10.0 Å². The normalized spacial score (nSPS) is 11.7. The van der Waals surface area contributed by atoms with E-state index in [0.29, 0.717) is 12.3 Å². The number of nitrogens with zero attached hydrogens (tertiary/aromatic N) is 1. The van der Waals surface area contributed by atoms with Crippen molar-refractivity contribution in [1.29, 1.82) is 0 Å². The first-order valence-corrected chi connectivity index (χ1v) is 9.18. The second-order valence-electron chi connectivity index (χ2n) is 5.60. The number of furan rings is 1. The molecule has 130 valence electrons. The van der Waals surface area contributed by atoms with Gasteiger partial charge in [-0.15, -0.1) is 0 Å². The van der Waals surface area contributed by atoms with Crippen molar-refractivity contribution in [3.05, 3.63) is 53.5 Å². The van der Waals surface area contributed by atoms with Crippen LogP contribution >= 0.6 is 0 Å². The standard InChI is InChI=1S/C17H22N2O4S/c1-4-11-18-17(20)16-10-7-14(23-16)12-19(3)24(21,22)15-8-5-13(2)6-9-15/h5-10H,4,11-12H2,1-3H3,(H,18,20). The molecule has 1 heterocycles. The summed E-state index contributed by atoms with van der Waals surface area (Å²) < 4.78 is 31.7. The van der Waals surface area contributed by atoms with Gasteiger partial charge >= 0.3 is 0 Å². The lowest BCUT2D eigenvalue weighted by molar-refractivity contribution is 0.0923. The van der Waals surface area contributed by atoms with E-state index in [1.165, 1.54) is 11.4 Å². The molecule has 24 heavy (non-hydrogen) atoms. The van der Waals surface area contributed by atoms with E-state index in [4.69, 9.17) is 4.42 Å². The molecule has 6 nitrogen and oxygen atoms in total. The van der Waals surface area contributed by atoms with Gasteiger partial charge in [0, 0.05) is 13.6 Å². The Kier molecular flexibility index (Phi) is 5.80. The first kappa shape index (κ1) is 18.2. The molecular weight excluding hydrogens is 328 g/mol. The molecule has 0 unspecified atom stereocenters. The topological polar surface area (TPSA) is 79.6 Å². The van der Waals surface area contributed by atoms with Crippen molar-refractivity contribution >= 4 is 15.9 Å². The van der Waals surface area contributed by atoms with E-state index in [9.17, 15) is 13.2 Å². The summed E-state index contributed by atoms with van der Waals surface area (Å²) in [5.41, 5.74) is 0.991. The number of hydrogen-bond donors (Lipinski definition) is 1. The zero-order valence-electron chi connectivity index (χ0n) is 14.1. The molecule has 0 aliphatic rings. The molecule has 1 N–H and O–H groups in total. The van der Waals surface area contributed by atoms with Crippen LogP contribution in [0.3, 0.4) is 0 Å². The highest BCUT2D eigenvalue weighted by Crippen LogP contribution is 2.18. The van der Waals surface area contributed by atoms with Gasteiger partial charge in [0.15, 0.2) is 5.76 Å². The van der Waals surface area contributed by atoms with E-state index in [-0.39, 0.29) is 23.1 Å². The van der Waals surface area contributed by atoms with E-state index in [2.05, 4.69) is 5.32 Å². The maximum atomic E-state index is 12.5. The van der Waals surface area contributed by atoms with Crippen molar-refractivity contribution in [3.8, 4) is 0 Å². The summed E-state index contributed by atoms with van der Waals surface area (Å²) in [6, 6.07) is 9.82. The smallest absolute Gasteiger partial charge is 0.286 e. The number of nitrogens with one attached hydrogen (secondary N) is 1. The lowest BCUT2D eigenvalue weighted by Crippen LogP contribution is -2.26. The Labute approximate surface area is 142 Å². The molecule has 0 saturated heterocycles. The summed E-state index contributed by atoms with van der Waals surface area (Å²) in [5, 5.41) is 2.71. The summed E-state index contributed by atoms with van der Waals surface area (Å²) in [6.07, 6.45) is 0.830. The van der Waals surface area contributed by atoms with Crippen LogP contribution in [0.5, 0.6) is 0 Å². The van der Waals surface area contributed by atoms with Crippen molar-refractivity contribution in [3.63, 3.8) is 0 Å². The number of benzene rings is 1. The minimum absolute atomic E-state index is 0.0528. The highest BCUT2D eigenvalue weighted by Gasteiger charge is 2.22. The van der Waals surface area contributed by atoms with E-state index in [0.717, 1.165) is 12.0 Å². The van der Waals surface area contributed by atoms with E-state index >= 15 is 0 Å². The molecule has 0 spiro atoms. The average molecular weight is 350 g/mol. The Bertz CT molecular complexity index is 794. The molecule has 0 aliphatic carbocycles. The minimum Gasteiger partial charge on any atom is -0.455 e. The van der Waals surface area contributed by atoms with Gasteiger partial charge in [-0.25, -0.2) is 8.42 Å². The third kappa shape index (κ3) is 4.24. The van der Waals surface area contributed by atoms with Gasteiger partial charge in [-0.1, -0.05) is 24.6 Å². The van der Waals surface area contributed by atoms with Crippen molar-refractivity contribution in [2.75, 3.05) is 13.6 Å². The molecule has 0 atom stereocenters. The number of sulfonamides is 1. The monoisotopic (exact) mass is 350 g/mol. The van der Waals surface area contributed by atoms with Crippen molar-refractivity contribution in [2.24, 2.45) is 0 Å². The van der Waals surface area contributed by atoms with Gasteiger partial charge in [-0.05, 0) is 37.6 Å². The Balaban J connectivity index is 2.09. The number of amides is 1. The lowest BCUT2D eigenvalue weighted by Gasteiger charge is -2.16. The Morgan fingerprint density at radius 3 is 2.46 bits per heavy atom. The SMILES string of the molecule is CCCNC(=O)c1ccc(CN(C)S(=O)(=O)c2ccc(C)cc2)o1. The summed E-state index contributed by atoms with van der Waals surface area (Å²) in [5.74, 6) is 0.293. The molecule has 1 aromatic heterocycles. The molecule has 0 saturated carbocycles. The zero-order valence-corrected chi connectivity index (χ0v) is 14.9. The third-order valence-electron chi connectivity index (χ3n) is 3.53. The maximum Gasteiger partial charge on any atom is 0.286 e. The quantitative estimate of drug-likeness (QED) is 0.832. The van der Waals surface area contributed by atoms with Gasteiger partial charge in [0.05, 0.1) is 11.4 Å². The number of rotatable bonds is 7. The summed E-state index contributed by atoms with van der Waals surface area (Å²) in [7, 11) is -2.13. The number of hydrogen-bond acceptors (Lipinski definition) is 4. The molecule has 2 rings (SSSR count). The molecule has 0 radical (unpaired) electrons. The fraction of sp³-hybridized carbons (Fsp3) is 0.353. The molecular formula is C17H22N2O4S. The van der Waals surface area contributed by atoms with Crippen LogP contribution in [0.15, 0.2) is 45.7 Å². The van der Waals surface area contributed by atoms with E-state index in [1.54, 1.807) is 36.4 Å². The Morgan fingerprint density at radius 2 is 1.83 bits per heavy atom. The van der Waals surface area contributed by atoms with Crippen LogP contribution in [0.2, 0.25) is 0 Å². The van der Waals surface area contributed by atoms with Gasteiger partial charge in [-0.3, -0.25) is 4.79 Å². The number of aryl methyl sites for hydroxylation is 1. The summed E-state index contributed by atoms with van der Waals surface area (Å²) >= 11 is 0. The third-order valence-corrected chi connectivity index (χ3v) is 5.35. The first-order valence-electron chi connectivity index (χ1n) is 7.74. The fourth-order valence-corrected chi connectivity index (χ4v) is 3.24. The van der Waals surface area contributed by atoms with Crippen molar-refractivity contribution in [2.45, 2.75) is 31.7 Å².